The summed E-state index contributed by atoms with van der Waals surface area (Å²) >= 11 is 3.16. The van der Waals surface area contributed by atoms with Crippen LogP contribution in [0, 0.1) is 5.82 Å². The van der Waals surface area contributed by atoms with Gasteiger partial charge in [0, 0.05) is 16.6 Å². The van der Waals surface area contributed by atoms with Crippen LogP contribution in [0.25, 0.3) is 0 Å². The number of rotatable bonds is 3. The molecule has 0 saturated carbocycles. The van der Waals surface area contributed by atoms with E-state index in [1.54, 1.807) is 0 Å². The van der Waals surface area contributed by atoms with Gasteiger partial charge in [-0.2, -0.15) is 13.2 Å². The molecule has 0 unspecified atom stereocenters. The third kappa shape index (κ3) is 3.85. The highest BCUT2D eigenvalue weighted by atomic mass is 79.9. The molecule has 2 nitrogen and oxygen atoms in total. The largest absolute Gasteiger partial charge is 0.417 e. The molecule has 0 radical (unpaired) electrons. The van der Waals surface area contributed by atoms with E-state index < -0.39 is 29.0 Å². The topological polar surface area (TPSA) is 29.1 Å². The molecule has 2 rings (SSSR count). The Bertz CT molecular complexity index is 700. The van der Waals surface area contributed by atoms with Gasteiger partial charge in [-0.15, -0.1) is 0 Å². The Morgan fingerprint density at radius 2 is 1.82 bits per heavy atom. The van der Waals surface area contributed by atoms with Crippen molar-refractivity contribution in [1.82, 2.24) is 5.32 Å². The van der Waals surface area contributed by atoms with Crippen LogP contribution in [0.5, 0.6) is 0 Å². The maximum Gasteiger partial charge on any atom is 0.417 e. The SMILES string of the molecule is O=C(NCc1cc(Br)ccc1F)c1ccccc1C(F)(F)F. The molecule has 7 heteroatoms. The number of hydrogen-bond acceptors (Lipinski definition) is 1. The van der Waals surface area contributed by atoms with Crippen LogP contribution in [0.3, 0.4) is 0 Å². The van der Waals surface area contributed by atoms with Crippen LogP contribution in [-0.2, 0) is 12.7 Å². The van der Waals surface area contributed by atoms with Crippen molar-refractivity contribution in [3.63, 3.8) is 0 Å². The average molecular weight is 376 g/mol. The fraction of sp³-hybridized carbons (Fsp3) is 0.133. The van der Waals surface area contributed by atoms with Gasteiger partial charge in [0.25, 0.3) is 5.91 Å². The Hall–Kier alpha value is -1.89. The molecule has 22 heavy (non-hydrogen) atoms. The smallest absolute Gasteiger partial charge is 0.348 e. The second-order valence-corrected chi connectivity index (χ2v) is 5.38. The highest BCUT2D eigenvalue weighted by Gasteiger charge is 2.34. The third-order valence-electron chi connectivity index (χ3n) is 2.92. The molecule has 0 aromatic heterocycles. The van der Waals surface area contributed by atoms with E-state index >= 15 is 0 Å². The molecule has 0 heterocycles. The first-order valence-electron chi connectivity index (χ1n) is 6.17. The minimum Gasteiger partial charge on any atom is -0.348 e. The van der Waals surface area contributed by atoms with E-state index in [2.05, 4.69) is 21.2 Å². The number of carbonyl (C=O) groups is 1. The van der Waals surface area contributed by atoms with Gasteiger partial charge in [0.1, 0.15) is 5.82 Å². The van der Waals surface area contributed by atoms with Gasteiger partial charge in [-0.25, -0.2) is 4.39 Å². The lowest BCUT2D eigenvalue weighted by Gasteiger charge is -2.13. The van der Waals surface area contributed by atoms with E-state index in [4.69, 9.17) is 0 Å². The van der Waals surface area contributed by atoms with Crippen molar-refractivity contribution in [1.29, 1.82) is 0 Å². The van der Waals surface area contributed by atoms with Crippen molar-refractivity contribution in [2.75, 3.05) is 0 Å². The van der Waals surface area contributed by atoms with E-state index in [1.165, 1.54) is 30.3 Å². The van der Waals surface area contributed by atoms with Crippen LogP contribution in [0.1, 0.15) is 21.5 Å². The van der Waals surface area contributed by atoms with Gasteiger partial charge in [-0.05, 0) is 30.3 Å². The molecule has 0 fully saturated rings. The fourth-order valence-electron chi connectivity index (χ4n) is 1.88. The zero-order valence-electron chi connectivity index (χ0n) is 11.0. The van der Waals surface area contributed by atoms with Crippen molar-refractivity contribution in [3.05, 3.63) is 69.4 Å². The third-order valence-corrected chi connectivity index (χ3v) is 3.42. The molecule has 0 aliphatic carbocycles. The van der Waals surface area contributed by atoms with Crippen molar-refractivity contribution in [2.45, 2.75) is 12.7 Å². The van der Waals surface area contributed by atoms with E-state index in [9.17, 15) is 22.4 Å². The minimum atomic E-state index is -4.63. The van der Waals surface area contributed by atoms with Gasteiger partial charge in [0.15, 0.2) is 0 Å². The zero-order chi connectivity index (χ0) is 16.3. The molecule has 2 aromatic carbocycles. The normalized spacial score (nSPS) is 11.3. The van der Waals surface area contributed by atoms with Crippen LogP contribution >= 0.6 is 15.9 Å². The summed E-state index contributed by atoms with van der Waals surface area (Å²) in [5.74, 6) is -1.46. The summed E-state index contributed by atoms with van der Waals surface area (Å²) in [6.07, 6.45) is -4.63. The summed E-state index contributed by atoms with van der Waals surface area (Å²) in [6.45, 7) is -0.212. The standard InChI is InChI=1S/C15H10BrF4NO/c16-10-5-6-13(17)9(7-10)8-21-14(22)11-3-1-2-4-12(11)15(18,19)20/h1-7H,8H2,(H,21,22). The highest BCUT2D eigenvalue weighted by Crippen LogP contribution is 2.31. The number of benzene rings is 2. The maximum absolute atomic E-state index is 13.5. The first-order valence-corrected chi connectivity index (χ1v) is 6.96. The summed E-state index contributed by atoms with van der Waals surface area (Å²) in [4.78, 5) is 11.9. The summed E-state index contributed by atoms with van der Waals surface area (Å²) < 4.78 is 52.7. The second kappa shape index (κ2) is 6.48. The second-order valence-electron chi connectivity index (χ2n) is 4.46. The van der Waals surface area contributed by atoms with Crippen LogP contribution in [0.15, 0.2) is 46.9 Å². The minimum absolute atomic E-state index is 0.173. The summed E-state index contributed by atoms with van der Waals surface area (Å²) in [5, 5.41) is 2.30. The van der Waals surface area contributed by atoms with E-state index in [1.807, 2.05) is 0 Å². The Morgan fingerprint density at radius 1 is 1.14 bits per heavy atom. The Balaban J connectivity index is 2.19. The quantitative estimate of drug-likeness (QED) is 0.784. The summed E-state index contributed by atoms with van der Waals surface area (Å²) in [6, 6.07) is 8.58. The summed E-state index contributed by atoms with van der Waals surface area (Å²) in [7, 11) is 0. The first kappa shape index (κ1) is 16.5. The highest BCUT2D eigenvalue weighted by molar-refractivity contribution is 9.10. The molecule has 1 amide bonds. The molecule has 1 N–H and O–H groups in total. The molecular weight excluding hydrogens is 366 g/mol. The Kier molecular flexibility index (Phi) is 4.85. The monoisotopic (exact) mass is 375 g/mol. The van der Waals surface area contributed by atoms with Gasteiger partial charge in [0.05, 0.1) is 11.1 Å². The van der Waals surface area contributed by atoms with Crippen molar-refractivity contribution in [3.8, 4) is 0 Å². The van der Waals surface area contributed by atoms with Crippen LogP contribution in [0.4, 0.5) is 17.6 Å². The van der Waals surface area contributed by atoms with Crippen molar-refractivity contribution < 1.29 is 22.4 Å². The molecule has 0 aliphatic rings. The molecule has 0 atom stereocenters. The average Bonchev–Trinajstić information content (AvgIpc) is 2.47. The van der Waals surface area contributed by atoms with Crippen LogP contribution in [0.2, 0.25) is 0 Å². The molecule has 0 saturated heterocycles. The van der Waals surface area contributed by atoms with Crippen molar-refractivity contribution >= 4 is 21.8 Å². The van der Waals surface area contributed by atoms with Gasteiger partial charge in [-0.3, -0.25) is 4.79 Å². The molecular formula is C15H10BrF4NO. The van der Waals surface area contributed by atoms with E-state index in [0.29, 0.717) is 4.47 Å². The van der Waals surface area contributed by atoms with E-state index in [-0.39, 0.29) is 12.1 Å². The number of amides is 1. The Morgan fingerprint density at radius 3 is 2.50 bits per heavy atom. The van der Waals surface area contributed by atoms with Crippen LogP contribution < -0.4 is 5.32 Å². The number of nitrogens with one attached hydrogen (secondary N) is 1. The predicted octanol–water partition coefficient (Wildman–Crippen LogP) is 4.54. The fourth-order valence-corrected chi connectivity index (χ4v) is 2.29. The molecule has 2 aromatic rings. The predicted molar refractivity (Wildman–Crippen MR) is 76.7 cm³/mol. The number of carbonyl (C=O) groups excluding carboxylic acids is 1. The number of hydrogen-bond donors (Lipinski definition) is 1. The van der Waals surface area contributed by atoms with Gasteiger partial charge >= 0.3 is 6.18 Å². The number of halogens is 5. The Labute approximate surface area is 132 Å². The van der Waals surface area contributed by atoms with Gasteiger partial charge < -0.3 is 5.32 Å². The molecule has 0 aliphatic heterocycles. The molecule has 0 bridgehead atoms. The summed E-state index contributed by atoms with van der Waals surface area (Å²) in [5.41, 5.74) is -1.35. The lowest BCUT2D eigenvalue weighted by atomic mass is 10.1. The van der Waals surface area contributed by atoms with Crippen LogP contribution in [-0.4, -0.2) is 5.91 Å². The lowest BCUT2D eigenvalue weighted by Crippen LogP contribution is -2.26. The molecule has 0 spiro atoms. The molecule has 116 valence electrons. The van der Waals surface area contributed by atoms with Gasteiger partial charge in [-0.1, -0.05) is 28.1 Å². The first-order chi connectivity index (χ1) is 10.3. The van der Waals surface area contributed by atoms with Crippen molar-refractivity contribution in [2.24, 2.45) is 0 Å². The van der Waals surface area contributed by atoms with E-state index in [0.717, 1.165) is 12.1 Å². The number of alkyl halides is 3. The lowest BCUT2D eigenvalue weighted by molar-refractivity contribution is -0.137. The zero-order valence-corrected chi connectivity index (χ0v) is 12.6. The maximum atomic E-state index is 13.5. The van der Waals surface area contributed by atoms with Gasteiger partial charge in [0.2, 0.25) is 0 Å².